The molecule has 0 atom stereocenters. The Morgan fingerprint density at radius 2 is 2.04 bits per heavy atom. The second-order valence-electron chi connectivity index (χ2n) is 7.78. The number of nitrogens with one attached hydrogen (secondary N) is 2. The summed E-state index contributed by atoms with van der Waals surface area (Å²) in [4.78, 5) is 14.4. The highest BCUT2D eigenvalue weighted by molar-refractivity contribution is 5.78. The van der Waals surface area contributed by atoms with Crippen molar-refractivity contribution in [1.82, 2.24) is 15.5 Å². The number of urea groups is 1. The van der Waals surface area contributed by atoms with E-state index in [9.17, 15) is 9.18 Å². The summed E-state index contributed by atoms with van der Waals surface area (Å²) in [5.74, 6) is 0.514. The zero-order valence-corrected chi connectivity index (χ0v) is 14.3. The van der Waals surface area contributed by atoms with Crippen LogP contribution in [0.25, 0.3) is 0 Å². The highest BCUT2D eigenvalue weighted by Gasteiger charge is 2.51. The van der Waals surface area contributed by atoms with Crippen molar-refractivity contribution in [1.29, 1.82) is 0 Å². The van der Waals surface area contributed by atoms with Crippen molar-refractivity contribution in [3.8, 4) is 0 Å². The molecule has 2 amide bonds. The van der Waals surface area contributed by atoms with Crippen LogP contribution in [-0.2, 0) is 5.54 Å². The van der Waals surface area contributed by atoms with Crippen molar-refractivity contribution in [3.05, 3.63) is 35.6 Å². The summed E-state index contributed by atoms with van der Waals surface area (Å²) in [5, 5.41) is 6.52. The lowest BCUT2D eigenvalue weighted by Crippen LogP contribution is -2.55. The van der Waals surface area contributed by atoms with E-state index in [1.807, 2.05) is 13.1 Å². The lowest BCUT2D eigenvalue weighted by atomic mass is 9.69. The van der Waals surface area contributed by atoms with Gasteiger partial charge in [0.25, 0.3) is 0 Å². The standard InChI is InChI=1S/C19H26FN3O/c1-21-19(15-3-2-4-16(20)11-15)9-7-18(8-10-19)13-22-17(24)23(18)12-14-5-6-14/h2-4,11,14,21H,5-10,12-13H2,1H3,(H,22,24)/t18-,19+. The summed E-state index contributed by atoms with van der Waals surface area (Å²) in [6.45, 7) is 1.65. The van der Waals surface area contributed by atoms with E-state index in [0.29, 0.717) is 5.92 Å². The summed E-state index contributed by atoms with van der Waals surface area (Å²) < 4.78 is 13.7. The maximum absolute atomic E-state index is 13.7. The van der Waals surface area contributed by atoms with Crippen LogP contribution in [0.5, 0.6) is 0 Å². The molecular weight excluding hydrogens is 305 g/mol. The van der Waals surface area contributed by atoms with Gasteiger partial charge in [-0.25, -0.2) is 9.18 Å². The molecule has 24 heavy (non-hydrogen) atoms. The summed E-state index contributed by atoms with van der Waals surface area (Å²) >= 11 is 0. The Morgan fingerprint density at radius 1 is 1.29 bits per heavy atom. The number of carbonyl (C=O) groups is 1. The zero-order valence-electron chi connectivity index (χ0n) is 14.3. The van der Waals surface area contributed by atoms with Crippen LogP contribution >= 0.6 is 0 Å². The van der Waals surface area contributed by atoms with Crippen LogP contribution in [0.3, 0.4) is 0 Å². The molecule has 4 nitrogen and oxygen atoms in total. The number of carbonyl (C=O) groups excluding carboxylic acids is 1. The van der Waals surface area contributed by atoms with Crippen molar-refractivity contribution in [2.24, 2.45) is 5.92 Å². The number of rotatable bonds is 4. The van der Waals surface area contributed by atoms with Crippen LogP contribution in [0.2, 0.25) is 0 Å². The smallest absolute Gasteiger partial charge is 0.318 e. The van der Waals surface area contributed by atoms with Crippen molar-refractivity contribution in [3.63, 3.8) is 0 Å². The first-order valence-corrected chi connectivity index (χ1v) is 9.07. The van der Waals surface area contributed by atoms with Gasteiger partial charge in [0.15, 0.2) is 0 Å². The van der Waals surface area contributed by atoms with Crippen LogP contribution in [0, 0.1) is 11.7 Å². The number of benzene rings is 1. The minimum absolute atomic E-state index is 0.0483. The normalized spacial score (nSPS) is 33.1. The second-order valence-corrected chi connectivity index (χ2v) is 7.78. The first-order chi connectivity index (χ1) is 11.6. The quantitative estimate of drug-likeness (QED) is 0.891. The van der Waals surface area contributed by atoms with E-state index in [1.165, 1.54) is 18.9 Å². The number of hydrogen-bond acceptors (Lipinski definition) is 2. The molecule has 0 bridgehead atoms. The van der Waals surface area contributed by atoms with Crippen molar-refractivity contribution < 1.29 is 9.18 Å². The second kappa shape index (κ2) is 5.73. The van der Waals surface area contributed by atoms with E-state index in [4.69, 9.17) is 0 Å². The molecule has 130 valence electrons. The van der Waals surface area contributed by atoms with Crippen LogP contribution in [0.1, 0.15) is 44.1 Å². The SMILES string of the molecule is CN[C@]1(c2cccc(F)c2)CC[C@]2(CC1)CNC(=O)N2CC1CC1. The van der Waals surface area contributed by atoms with E-state index in [0.717, 1.165) is 44.3 Å². The van der Waals surface area contributed by atoms with Gasteiger partial charge in [-0.15, -0.1) is 0 Å². The third kappa shape index (κ3) is 2.59. The predicted molar refractivity (Wildman–Crippen MR) is 91.2 cm³/mol. The first-order valence-electron chi connectivity index (χ1n) is 9.07. The van der Waals surface area contributed by atoms with Crippen molar-refractivity contribution in [2.75, 3.05) is 20.1 Å². The number of nitrogens with zero attached hydrogens (tertiary/aromatic N) is 1. The molecule has 1 aliphatic heterocycles. The Labute approximate surface area is 142 Å². The molecule has 3 aliphatic rings. The van der Waals surface area contributed by atoms with Crippen molar-refractivity contribution in [2.45, 2.75) is 49.6 Å². The number of halogens is 1. The van der Waals surface area contributed by atoms with Gasteiger partial charge >= 0.3 is 6.03 Å². The van der Waals surface area contributed by atoms with Gasteiger partial charge in [0.05, 0.1) is 5.54 Å². The van der Waals surface area contributed by atoms with Gasteiger partial charge < -0.3 is 15.5 Å². The van der Waals surface area contributed by atoms with Crippen LogP contribution in [-0.4, -0.2) is 36.6 Å². The highest BCUT2D eigenvalue weighted by atomic mass is 19.1. The molecule has 1 spiro atoms. The molecule has 1 aromatic rings. The minimum atomic E-state index is -0.190. The molecule has 2 N–H and O–H groups in total. The lowest BCUT2D eigenvalue weighted by Gasteiger charge is -2.48. The van der Waals surface area contributed by atoms with Crippen molar-refractivity contribution >= 4 is 6.03 Å². The Hall–Kier alpha value is -1.62. The number of amides is 2. The van der Waals surface area contributed by atoms with Crippen LogP contribution < -0.4 is 10.6 Å². The molecule has 0 aromatic heterocycles. The Kier molecular flexibility index (Phi) is 3.79. The summed E-state index contributed by atoms with van der Waals surface area (Å²) in [6.07, 6.45) is 6.25. The van der Waals surface area contributed by atoms with E-state index in [2.05, 4.69) is 15.5 Å². The molecule has 2 aliphatic carbocycles. The van der Waals surface area contributed by atoms with Gasteiger partial charge in [-0.3, -0.25) is 0 Å². The molecule has 5 heteroatoms. The first kappa shape index (κ1) is 15.9. The minimum Gasteiger partial charge on any atom is -0.336 e. The summed E-state index contributed by atoms with van der Waals surface area (Å²) in [5.41, 5.74) is 0.781. The van der Waals surface area contributed by atoms with Crippen LogP contribution in [0.15, 0.2) is 24.3 Å². The van der Waals surface area contributed by atoms with E-state index in [1.54, 1.807) is 12.1 Å². The topological polar surface area (TPSA) is 44.4 Å². The summed E-state index contributed by atoms with van der Waals surface area (Å²) in [6, 6.07) is 7.04. The fourth-order valence-corrected chi connectivity index (χ4v) is 4.54. The van der Waals surface area contributed by atoms with Gasteiger partial charge in [-0.05, 0) is 69.2 Å². The average molecular weight is 331 g/mol. The molecule has 0 radical (unpaired) electrons. The van der Waals surface area contributed by atoms with Crippen LogP contribution in [0.4, 0.5) is 9.18 Å². The van der Waals surface area contributed by atoms with E-state index < -0.39 is 0 Å². The number of hydrogen-bond donors (Lipinski definition) is 2. The van der Waals surface area contributed by atoms with E-state index in [-0.39, 0.29) is 22.9 Å². The molecule has 1 heterocycles. The Bertz CT molecular complexity index is 635. The maximum atomic E-state index is 13.7. The zero-order chi connectivity index (χ0) is 16.8. The third-order valence-electron chi connectivity index (χ3n) is 6.41. The largest absolute Gasteiger partial charge is 0.336 e. The molecule has 4 rings (SSSR count). The average Bonchev–Trinajstić information content (AvgIpc) is 3.37. The van der Waals surface area contributed by atoms with Gasteiger partial charge in [-0.1, -0.05) is 12.1 Å². The highest BCUT2D eigenvalue weighted by Crippen LogP contribution is 2.46. The van der Waals surface area contributed by atoms with E-state index >= 15 is 0 Å². The van der Waals surface area contributed by atoms with Gasteiger partial charge in [0.2, 0.25) is 0 Å². The predicted octanol–water partition coefficient (Wildman–Crippen LogP) is 2.99. The summed E-state index contributed by atoms with van der Waals surface area (Å²) in [7, 11) is 1.96. The molecule has 3 fully saturated rings. The molecule has 0 unspecified atom stereocenters. The third-order valence-corrected chi connectivity index (χ3v) is 6.41. The molecule has 1 aromatic carbocycles. The maximum Gasteiger partial charge on any atom is 0.318 e. The Balaban J connectivity index is 1.55. The fourth-order valence-electron chi connectivity index (χ4n) is 4.54. The molecular formula is C19H26FN3O. The van der Waals surface area contributed by atoms with Gasteiger partial charge in [0, 0.05) is 18.6 Å². The van der Waals surface area contributed by atoms with Gasteiger partial charge in [0.1, 0.15) is 5.82 Å². The lowest BCUT2D eigenvalue weighted by molar-refractivity contribution is 0.0759. The Morgan fingerprint density at radius 3 is 2.67 bits per heavy atom. The fraction of sp³-hybridized carbons (Fsp3) is 0.632. The monoisotopic (exact) mass is 331 g/mol. The molecule has 1 saturated heterocycles. The molecule has 2 saturated carbocycles. The van der Waals surface area contributed by atoms with Gasteiger partial charge in [-0.2, -0.15) is 0 Å².